The molecule has 0 aromatic heterocycles. The monoisotopic (exact) mass is 493 g/mol. The smallest absolute Gasteiger partial charge is 0.308 e. The number of anilines is 2. The summed E-state index contributed by atoms with van der Waals surface area (Å²) in [6.45, 7) is 4.63. The van der Waals surface area contributed by atoms with E-state index in [9.17, 15) is 18.4 Å². The van der Waals surface area contributed by atoms with Crippen molar-refractivity contribution in [1.82, 2.24) is 4.90 Å². The minimum absolute atomic E-state index is 0.115. The Balaban J connectivity index is 1.49. The van der Waals surface area contributed by atoms with Crippen LogP contribution in [-0.4, -0.2) is 29.1 Å². The summed E-state index contributed by atoms with van der Waals surface area (Å²) in [5.41, 5.74) is 3.34. The highest BCUT2D eigenvalue weighted by Crippen LogP contribution is 2.54. The van der Waals surface area contributed by atoms with Gasteiger partial charge in [0.2, 0.25) is 0 Å². The van der Waals surface area contributed by atoms with Crippen LogP contribution in [0.4, 0.5) is 25.0 Å². The molecule has 2 aliphatic rings. The lowest BCUT2D eigenvalue weighted by Crippen LogP contribution is -2.51. The SMILES string of the molecule is CC(C)c1ccc(NC(=O)N2CCSC23C(=O)N(Cc2cccc(F)c2)c2ccc(F)cc23)cc1. The van der Waals surface area contributed by atoms with Crippen molar-refractivity contribution in [2.75, 3.05) is 22.5 Å². The topological polar surface area (TPSA) is 52.7 Å². The molecule has 1 unspecified atom stereocenters. The molecule has 2 heterocycles. The quantitative estimate of drug-likeness (QED) is 0.480. The summed E-state index contributed by atoms with van der Waals surface area (Å²) in [6, 6.07) is 17.4. The fraction of sp³-hybridized carbons (Fsp3) is 0.259. The number of rotatable bonds is 4. The van der Waals surface area contributed by atoms with E-state index in [0.717, 1.165) is 5.56 Å². The van der Waals surface area contributed by atoms with Crippen molar-refractivity contribution in [3.05, 3.63) is 95.1 Å². The number of carbonyl (C=O) groups is 2. The number of benzene rings is 3. The van der Waals surface area contributed by atoms with Gasteiger partial charge in [-0.2, -0.15) is 0 Å². The van der Waals surface area contributed by atoms with Crippen molar-refractivity contribution in [2.45, 2.75) is 31.2 Å². The molecule has 1 saturated heterocycles. The van der Waals surface area contributed by atoms with Crippen molar-refractivity contribution < 1.29 is 18.4 Å². The fourth-order valence-electron chi connectivity index (χ4n) is 4.70. The molecule has 0 aliphatic carbocycles. The molecule has 3 aromatic rings. The van der Waals surface area contributed by atoms with Gasteiger partial charge in [0.15, 0.2) is 4.87 Å². The lowest BCUT2D eigenvalue weighted by atomic mass is 10.0. The first-order chi connectivity index (χ1) is 16.8. The first-order valence-corrected chi connectivity index (χ1v) is 12.5. The maximum atomic E-state index is 14.4. The Bertz CT molecular complexity index is 1300. The first-order valence-electron chi connectivity index (χ1n) is 11.5. The zero-order valence-corrected chi connectivity index (χ0v) is 20.2. The third-order valence-corrected chi connectivity index (χ3v) is 7.88. The van der Waals surface area contributed by atoms with Gasteiger partial charge in [-0.1, -0.05) is 38.1 Å². The van der Waals surface area contributed by atoms with Crippen LogP contribution in [-0.2, 0) is 16.2 Å². The maximum Gasteiger partial charge on any atom is 0.323 e. The van der Waals surface area contributed by atoms with Crippen LogP contribution in [0.25, 0.3) is 0 Å². The van der Waals surface area contributed by atoms with Gasteiger partial charge >= 0.3 is 6.03 Å². The van der Waals surface area contributed by atoms with E-state index in [1.165, 1.54) is 45.8 Å². The van der Waals surface area contributed by atoms with E-state index in [-0.39, 0.29) is 12.5 Å². The third kappa shape index (κ3) is 4.05. The molecule has 5 rings (SSSR count). The summed E-state index contributed by atoms with van der Waals surface area (Å²) >= 11 is 1.32. The van der Waals surface area contributed by atoms with Crippen LogP contribution < -0.4 is 10.2 Å². The van der Waals surface area contributed by atoms with Gasteiger partial charge in [0, 0.05) is 23.5 Å². The van der Waals surface area contributed by atoms with Gasteiger partial charge in [0.05, 0.1) is 12.2 Å². The Morgan fingerprint density at radius 3 is 2.51 bits per heavy atom. The number of hydrogen-bond acceptors (Lipinski definition) is 3. The Morgan fingerprint density at radius 2 is 1.80 bits per heavy atom. The van der Waals surface area contributed by atoms with Gasteiger partial charge in [-0.15, -0.1) is 11.8 Å². The second-order valence-electron chi connectivity index (χ2n) is 9.03. The molecule has 180 valence electrons. The average molecular weight is 494 g/mol. The molecular weight excluding hydrogens is 468 g/mol. The molecule has 1 N–H and O–H groups in total. The van der Waals surface area contributed by atoms with E-state index in [1.807, 2.05) is 24.3 Å². The number of nitrogens with one attached hydrogen (secondary N) is 1. The van der Waals surface area contributed by atoms with Gasteiger partial charge < -0.3 is 10.2 Å². The number of fused-ring (bicyclic) bond motifs is 2. The van der Waals surface area contributed by atoms with E-state index >= 15 is 0 Å². The lowest BCUT2D eigenvalue weighted by Gasteiger charge is -2.33. The Kier molecular flexibility index (Phi) is 6.01. The number of thioether (sulfide) groups is 1. The zero-order valence-electron chi connectivity index (χ0n) is 19.4. The summed E-state index contributed by atoms with van der Waals surface area (Å²) in [7, 11) is 0. The summed E-state index contributed by atoms with van der Waals surface area (Å²) in [5, 5.41) is 2.90. The third-order valence-electron chi connectivity index (χ3n) is 6.46. The van der Waals surface area contributed by atoms with Crippen LogP contribution in [0.2, 0.25) is 0 Å². The molecule has 1 fully saturated rings. The predicted molar refractivity (Wildman–Crippen MR) is 134 cm³/mol. The molecule has 1 atom stereocenters. The molecule has 2 aliphatic heterocycles. The van der Waals surface area contributed by atoms with E-state index in [4.69, 9.17) is 0 Å². The maximum absolute atomic E-state index is 14.4. The standard InChI is InChI=1S/C27H25F2N3O2S/c1-17(2)19-6-9-22(10-7-19)30-26(34)32-12-13-35-27(32)23-15-21(29)8-11-24(23)31(25(27)33)16-18-4-3-5-20(28)14-18/h3-11,14-15,17H,12-13,16H2,1-2H3,(H,30,34). The molecule has 5 nitrogen and oxygen atoms in total. The zero-order chi connectivity index (χ0) is 24.7. The van der Waals surface area contributed by atoms with Crippen molar-refractivity contribution >= 4 is 35.1 Å². The molecule has 3 amide bonds. The summed E-state index contributed by atoms with van der Waals surface area (Å²) in [6.07, 6.45) is 0. The highest BCUT2D eigenvalue weighted by Gasteiger charge is 2.59. The van der Waals surface area contributed by atoms with Crippen LogP contribution >= 0.6 is 11.8 Å². The second-order valence-corrected chi connectivity index (χ2v) is 10.3. The molecule has 0 saturated carbocycles. The van der Waals surface area contributed by atoms with Crippen molar-refractivity contribution in [3.63, 3.8) is 0 Å². The van der Waals surface area contributed by atoms with E-state index in [2.05, 4.69) is 19.2 Å². The molecule has 0 radical (unpaired) electrons. The van der Waals surface area contributed by atoms with Gasteiger partial charge in [0.25, 0.3) is 5.91 Å². The summed E-state index contributed by atoms with van der Waals surface area (Å²) in [4.78, 5) is 29.0. The number of nitrogens with zero attached hydrogens (tertiary/aromatic N) is 2. The Labute approximate surface area is 207 Å². The van der Waals surface area contributed by atoms with Crippen molar-refractivity contribution in [2.24, 2.45) is 0 Å². The van der Waals surface area contributed by atoms with E-state index < -0.39 is 22.5 Å². The largest absolute Gasteiger partial charge is 0.323 e. The first kappa shape index (κ1) is 23.4. The number of hydrogen-bond donors (Lipinski definition) is 1. The van der Waals surface area contributed by atoms with Crippen LogP contribution in [0.15, 0.2) is 66.7 Å². The second kappa shape index (κ2) is 9.00. The Morgan fingerprint density at radius 1 is 1.06 bits per heavy atom. The molecular formula is C27H25F2N3O2S. The summed E-state index contributed by atoms with van der Waals surface area (Å²) in [5.74, 6) is -0.335. The van der Waals surface area contributed by atoms with Gasteiger partial charge in [-0.05, 0) is 59.5 Å². The summed E-state index contributed by atoms with van der Waals surface area (Å²) < 4.78 is 28.2. The molecule has 1 spiro atoms. The average Bonchev–Trinajstić information content (AvgIpc) is 3.37. The highest BCUT2D eigenvalue weighted by molar-refractivity contribution is 8.01. The van der Waals surface area contributed by atoms with Crippen LogP contribution in [0.1, 0.15) is 36.5 Å². The van der Waals surface area contributed by atoms with Crippen molar-refractivity contribution in [1.29, 1.82) is 0 Å². The van der Waals surface area contributed by atoms with Gasteiger partial charge in [0.1, 0.15) is 11.6 Å². The fourth-order valence-corrected chi connectivity index (χ4v) is 6.16. The minimum Gasteiger partial charge on any atom is -0.308 e. The normalized spacial score (nSPS) is 19.1. The highest BCUT2D eigenvalue weighted by atomic mass is 32.2. The molecule has 0 bridgehead atoms. The molecule has 8 heteroatoms. The van der Waals surface area contributed by atoms with Crippen LogP contribution in [0, 0.1) is 11.6 Å². The van der Waals surface area contributed by atoms with E-state index in [1.54, 1.807) is 18.2 Å². The predicted octanol–water partition coefficient (Wildman–Crippen LogP) is 6.07. The number of amides is 3. The minimum atomic E-state index is -1.38. The van der Waals surface area contributed by atoms with E-state index in [0.29, 0.717) is 40.7 Å². The number of urea groups is 1. The van der Waals surface area contributed by atoms with Gasteiger partial charge in [-0.3, -0.25) is 9.69 Å². The number of carbonyl (C=O) groups excluding carboxylic acids is 2. The van der Waals surface area contributed by atoms with Crippen LogP contribution in [0.3, 0.4) is 0 Å². The molecule has 3 aromatic carbocycles. The van der Waals surface area contributed by atoms with Crippen molar-refractivity contribution in [3.8, 4) is 0 Å². The number of halogens is 2. The lowest BCUT2D eigenvalue weighted by molar-refractivity contribution is -0.123. The Hall–Kier alpha value is -3.39. The van der Waals surface area contributed by atoms with Crippen LogP contribution in [0.5, 0.6) is 0 Å². The molecule has 35 heavy (non-hydrogen) atoms. The van der Waals surface area contributed by atoms with Gasteiger partial charge in [-0.25, -0.2) is 13.6 Å².